The fourth-order valence-electron chi connectivity index (χ4n) is 4.56. The zero-order chi connectivity index (χ0) is 27.8. The monoisotopic (exact) mass is 525 g/mol. The highest BCUT2D eigenvalue weighted by molar-refractivity contribution is 5.89. The third kappa shape index (κ3) is 7.71. The number of aliphatic hydroxyl groups is 1. The summed E-state index contributed by atoms with van der Waals surface area (Å²) in [5, 5.41) is 11.2. The van der Waals surface area contributed by atoms with Crippen LogP contribution < -0.4 is 5.73 Å². The fourth-order valence-corrected chi connectivity index (χ4v) is 4.56. The maximum Gasteiger partial charge on any atom is 0.358 e. The van der Waals surface area contributed by atoms with Crippen molar-refractivity contribution < 1.29 is 19.4 Å². The number of nitrogens with two attached hydrogens (primary N) is 1. The Labute approximate surface area is 229 Å². The number of aliphatic hydroxyl groups excluding tert-OH is 1. The predicted molar refractivity (Wildman–Crippen MR) is 152 cm³/mol. The van der Waals surface area contributed by atoms with Crippen molar-refractivity contribution >= 4 is 22.9 Å². The standard InChI is InChI=1S/C32H35N3O4/c1-21(2)12-15-25(31(33)37)19-29(36)30(18-22-13-16-24(17-14-22)23-8-4-3-5-9-23)39-32(38)28-20-34-26-10-6-7-11-27(26)35-28/h3-11,13-14,16-17,20-21,25,29-30,36H,12,15,18-19H2,1-2H3,(H2,33,37)/t25-,29+,30+/m1/s1. The van der Waals surface area contributed by atoms with Crippen LogP contribution in [0.3, 0.4) is 0 Å². The molecule has 7 heteroatoms. The normalized spacial score (nSPS) is 13.6. The number of rotatable bonds is 12. The maximum atomic E-state index is 13.1. The molecule has 3 aromatic carbocycles. The molecule has 0 aliphatic rings. The number of primary amides is 1. The lowest BCUT2D eigenvalue weighted by Gasteiger charge is -2.26. The maximum absolute atomic E-state index is 13.1. The van der Waals surface area contributed by atoms with E-state index in [0.717, 1.165) is 23.1 Å². The highest BCUT2D eigenvalue weighted by Crippen LogP contribution is 2.24. The minimum absolute atomic E-state index is 0.0524. The van der Waals surface area contributed by atoms with Crippen LogP contribution in [-0.2, 0) is 16.0 Å². The number of carbonyl (C=O) groups excluding carboxylic acids is 2. The number of hydrogen-bond donors (Lipinski definition) is 2. The third-order valence-electron chi connectivity index (χ3n) is 6.86. The first-order chi connectivity index (χ1) is 18.8. The number of ether oxygens (including phenoxy) is 1. The summed E-state index contributed by atoms with van der Waals surface area (Å²) in [6.07, 6.45) is 1.10. The number of carbonyl (C=O) groups is 2. The van der Waals surface area contributed by atoms with Gasteiger partial charge in [0, 0.05) is 12.3 Å². The van der Waals surface area contributed by atoms with Crippen LogP contribution in [0.4, 0.5) is 0 Å². The number of benzene rings is 3. The SMILES string of the molecule is CC(C)CC[C@H](C[C@H](O)[C@H](Cc1ccc(-c2ccccc2)cc1)OC(=O)c1cnc2ccccc2n1)C(N)=O. The van der Waals surface area contributed by atoms with Gasteiger partial charge in [-0.25, -0.2) is 9.78 Å². The molecule has 0 fully saturated rings. The van der Waals surface area contributed by atoms with Gasteiger partial charge in [-0.15, -0.1) is 0 Å². The van der Waals surface area contributed by atoms with E-state index in [0.29, 0.717) is 23.4 Å². The average molecular weight is 526 g/mol. The van der Waals surface area contributed by atoms with Gasteiger partial charge in [0.15, 0.2) is 5.69 Å². The van der Waals surface area contributed by atoms with Gasteiger partial charge in [0.2, 0.25) is 5.91 Å². The van der Waals surface area contributed by atoms with Crippen molar-refractivity contribution in [2.75, 3.05) is 0 Å². The van der Waals surface area contributed by atoms with E-state index in [9.17, 15) is 14.7 Å². The average Bonchev–Trinajstić information content (AvgIpc) is 2.95. The van der Waals surface area contributed by atoms with E-state index >= 15 is 0 Å². The fraction of sp³-hybridized carbons (Fsp3) is 0.312. The van der Waals surface area contributed by atoms with Crippen LogP contribution in [0.15, 0.2) is 85.1 Å². The van der Waals surface area contributed by atoms with Gasteiger partial charge in [0.05, 0.1) is 23.3 Å². The van der Waals surface area contributed by atoms with Crippen molar-refractivity contribution in [3.63, 3.8) is 0 Å². The van der Waals surface area contributed by atoms with Gasteiger partial charge in [-0.05, 0) is 47.6 Å². The Kier molecular flexibility index (Phi) is 9.39. The topological polar surface area (TPSA) is 115 Å². The Morgan fingerprint density at radius 2 is 1.51 bits per heavy atom. The van der Waals surface area contributed by atoms with Gasteiger partial charge in [0.25, 0.3) is 0 Å². The van der Waals surface area contributed by atoms with Crippen LogP contribution in [0.1, 0.15) is 49.2 Å². The molecule has 0 aliphatic carbocycles. The van der Waals surface area contributed by atoms with E-state index in [4.69, 9.17) is 10.5 Å². The molecule has 0 saturated carbocycles. The Morgan fingerprint density at radius 3 is 2.18 bits per heavy atom. The van der Waals surface area contributed by atoms with Gasteiger partial charge < -0.3 is 15.6 Å². The molecule has 0 bridgehead atoms. The van der Waals surface area contributed by atoms with Crippen molar-refractivity contribution in [2.45, 2.75) is 51.7 Å². The molecule has 0 radical (unpaired) electrons. The van der Waals surface area contributed by atoms with Crippen LogP contribution >= 0.6 is 0 Å². The van der Waals surface area contributed by atoms with E-state index in [-0.39, 0.29) is 18.5 Å². The Bertz CT molecular complexity index is 1390. The molecule has 3 N–H and O–H groups in total. The number of fused-ring (bicyclic) bond motifs is 1. The van der Waals surface area contributed by atoms with Crippen LogP contribution in [0.25, 0.3) is 22.2 Å². The van der Waals surface area contributed by atoms with Crippen LogP contribution in [0, 0.1) is 11.8 Å². The number of amides is 1. The first-order valence-electron chi connectivity index (χ1n) is 13.3. The highest BCUT2D eigenvalue weighted by Gasteiger charge is 2.30. The zero-order valence-electron chi connectivity index (χ0n) is 22.4. The van der Waals surface area contributed by atoms with Gasteiger partial charge in [-0.2, -0.15) is 0 Å². The highest BCUT2D eigenvalue weighted by atomic mass is 16.6. The smallest absolute Gasteiger partial charge is 0.358 e. The second-order valence-electron chi connectivity index (χ2n) is 10.3. The summed E-state index contributed by atoms with van der Waals surface area (Å²) in [7, 11) is 0. The molecule has 1 amide bonds. The van der Waals surface area contributed by atoms with Gasteiger partial charge in [0.1, 0.15) is 6.10 Å². The molecule has 0 aliphatic heterocycles. The van der Waals surface area contributed by atoms with Crippen LogP contribution in [0.2, 0.25) is 0 Å². The van der Waals surface area contributed by atoms with E-state index in [1.54, 1.807) is 6.07 Å². The quantitative estimate of drug-likeness (QED) is 0.241. The summed E-state index contributed by atoms with van der Waals surface area (Å²) < 4.78 is 5.83. The van der Waals surface area contributed by atoms with Crippen molar-refractivity contribution in [2.24, 2.45) is 17.6 Å². The zero-order valence-corrected chi connectivity index (χ0v) is 22.4. The summed E-state index contributed by atoms with van der Waals surface area (Å²) in [4.78, 5) is 34.0. The second-order valence-corrected chi connectivity index (χ2v) is 10.3. The molecule has 0 unspecified atom stereocenters. The molecular weight excluding hydrogens is 490 g/mol. The van der Waals surface area contributed by atoms with E-state index < -0.39 is 30.0 Å². The Balaban J connectivity index is 1.55. The summed E-state index contributed by atoms with van der Waals surface area (Å²) in [5.41, 5.74) is 9.99. The number of aromatic nitrogens is 2. The Hall–Kier alpha value is -4.10. The number of hydrogen-bond acceptors (Lipinski definition) is 6. The molecule has 3 atom stereocenters. The molecule has 0 spiro atoms. The van der Waals surface area contributed by atoms with E-state index in [2.05, 4.69) is 23.8 Å². The van der Waals surface area contributed by atoms with Gasteiger partial charge in [-0.1, -0.05) is 87.0 Å². The lowest BCUT2D eigenvalue weighted by Crippen LogP contribution is -2.37. The van der Waals surface area contributed by atoms with Crippen molar-refractivity contribution in [3.05, 3.63) is 96.3 Å². The molecular formula is C32H35N3O4. The van der Waals surface area contributed by atoms with Crippen LogP contribution in [-0.4, -0.2) is 39.2 Å². The van der Waals surface area contributed by atoms with E-state index in [1.165, 1.54) is 6.20 Å². The van der Waals surface area contributed by atoms with Crippen molar-refractivity contribution in [3.8, 4) is 11.1 Å². The molecule has 202 valence electrons. The van der Waals surface area contributed by atoms with Gasteiger partial charge >= 0.3 is 5.97 Å². The number of esters is 1. The number of para-hydroxylation sites is 2. The summed E-state index contributed by atoms with van der Waals surface area (Å²) >= 11 is 0. The number of nitrogens with zero attached hydrogens (tertiary/aromatic N) is 2. The van der Waals surface area contributed by atoms with Crippen LogP contribution in [0.5, 0.6) is 0 Å². The van der Waals surface area contributed by atoms with Gasteiger partial charge in [-0.3, -0.25) is 9.78 Å². The molecule has 4 rings (SSSR count). The first kappa shape index (κ1) is 27.9. The molecule has 4 aromatic rings. The lowest BCUT2D eigenvalue weighted by atomic mass is 9.89. The lowest BCUT2D eigenvalue weighted by molar-refractivity contribution is -0.123. The largest absolute Gasteiger partial charge is 0.454 e. The first-order valence-corrected chi connectivity index (χ1v) is 13.3. The minimum Gasteiger partial charge on any atom is -0.454 e. The minimum atomic E-state index is -1.10. The summed E-state index contributed by atoms with van der Waals surface area (Å²) in [6.45, 7) is 4.14. The Morgan fingerprint density at radius 1 is 0.872 bits per heavy atom. The molecule has 1 heterocycles. The molecule has 7 nitrogen and oxygen atoms in total. The van der Waals surface area contributed by atoms with Crippen molar-refractivity contribution in [1.82, 2.24) is 9.97 Å². The van der Waals surface area contributed by atoms with E-state index in [1.807, 2.05) is 72.8 Å². The molecule has 39 heavy (non-hydrogen) atoms. The third-order valence-corrected chi connectivity index (χ3v) is 6.86. The summed E-state index contributed by atoms with van der Waals surface area (Å²) in [6, 6.07) is 25.2. The molecule has 0 saturated heterocycles. The predicted octanol–water partition coefficient (Wildman–Crippen LogP) is 5.35. The molecule has 1 aromatic heterocycles. The van der Waals surface area contributed by atoms with Crippen molar-refractivity contribution in [1.29, 1.82) is 0 Å². The second kappa shape index (κ2) is 13.1. The summed E-state index contributed by atoms with van der Waals surface area (Å²) in [5.74, 6) is -1.28.